The Bertz CT molecular complexity index is 785. The summed E-state index contributed by atoms with van der Waals surface area (Å²) in [5.41, 5.74) is 2.31. The standard InChI is InChI=1S/C20H21NO4/c1-13(14-7-9-15(25-2)10-8-14)19(22)21-12-11-17(20(23)24)16-5-3-4-6-18(16)21/h3-10,13,17H,11-12H2,1-2H3,(H,23,24). The Morgan fingerprint density at radius 1 is 1.16 bits per heavy atom. The van der Waals surface area contributed by atoms with Gasteiger partial charge in [-0.1, -0.05) is 30.3 Å². The lowest BCUT2D eigenvalue weighted by atomic mass is 9.88. The van der Waals surface area contributed by atoms with Crippen LogP contribution in [-0.4, -0.2) is 30.6 Å². The van der Waals surface area contributed by atoms with Crippen LogP contribution >= 0.6 is 0 Å². The predicted molar refractivity (Wildman–Crippen MR) is 95.2 cm³/mol. The molecule has 1 heterocycles. The molecule has 0 saturated heterocycles. The molecule has 5 heteroatoms. The Morgan fingerprint density at radius 2 is 1.84 bits per heavy atom. The van der Waals surface area contributed by atoms with Crippen molar-refractivity contribution in [3.63, 3.8) is 0 Å². The summed E-state index contributed by atoms with van der Waals surface area (Å²) in [5, 5.41) is 9.43. The van der Waals surface area contributed by atoms with Gasteiger partial charge in [0.2, 0.25) is 5.91 Å². The van der Waals surface area contributed by atoms with Crippen molar-refractivity contribution in [2.75, 3.05) is 18.6 Å². The lowest BCUT2D eigenvalue weighted by Crippen LogP contribution is -2.40. The molecule has 2 unspecified atom stereocenters. The van der Waals surface area contributed by atoms with Gasteiger partial charge in [0.25, 0.3) is 0 Å². The molecule has 1 N–H and O–H groups in total. The zero-order valence-electron chi connectivity index (χ0n) is 14.3. The van der Waals surface area contributed by atoms with Crippen LogP contribution in [-0.2, 0) is 9.59 Å². The summed E-state index contributed by atoms with van der Waals surface area (Å²) in [6, 6.07) is 14.7. The van der Waals surface area contributed by atoms with Gasteiger partial charge in [-0.05, 0) is 42.7 Å². The summed E-state index contributed by atoms with van der Waals surface area (Å²) >= 11 is 0. The third kappa shape index (κ3) is 3.22. The highest BCUT2D eigenvalue weighted by Gasteiger charge is 2.34. The van der Waals surface area contributed by atoms with Crippen LogP contribution in [0.15, 0.2) is 48.5 Å². The van der Waals surface area contributed by atoms with E-state index < -0.39 is 11.9 Å². The maximum absolute atomic E-state index is 13.0. The molecular formula is C20H21NO4. The highest BCUT2D eigenvalue weighted by atomic mass is 16.5. The second-order valence-electron chi connectivity index (χ2n) is 6.22. The fourth-order valence-corrected chi connectivity index (χ4v) is 3.32. The Morgan fingerprint density at radius 3 is 2.48 bits per heavy atom. The molecule has 2 aromatic carbocycles. The summed E-state index contributed by atoms with van der Waals surface area (Å²) in [6.07, 6.45) is 0.424. The van der Waals surface area contributed by atoms with E-state index in [0.29, 0.717) is 24.2 Å². The van der Waals surface area contributed by atoms with Gasteiger partial charge in [-0.3, -0.25) is 9.59 Å². The van der Waals surface area contributed by atoms with Crippen LogP contribution in [0.2, 0.25) is 0 Å². The number of carbonyl (C=O) groups is 2. The fraction of sp³-hybridized carbons (Fsp3) is 0.300. The lowest BCUT2D eigenvalue weighted by Gasteiger charge is -2.34. The molecule has 130 valence electrons. The summed E-state index contributed by atoms with van der Waals surface area (Å²) in [4.78, 5) is 26.2. The molecule has 1 amide bonds. The molecule has 0 fully saturated rings. The third-order valence-corrected chi connectivity index (χ3v) is 4.79. The number of fused-ring (bicyclic) bond motifs is 1. The second-order valence-corrected chi connectivity index (χ2v) is 6.22. The first kappa shape index (κ1) is 17.0. The van der Waals surface area contributed by atoms with E-state index >= 15 is 0 Å². The number of rotatable bonds is 4. The van der Waals surface area contributed by atoms with Gasteiger partial charge >= 0.3 is 5.97 Å². The normalized spacial score (nSPS) is 17.5. The average Bonchev–Trinajstić information content (AvgIpc) is 2.65. The number of carboxylic acid groups (broad SMARTS) is 1. The van der Waals surface area contributed by atoms with Gasteiger partial charge in [0.05, 0.1) is 18.9 Å². The SMILES string of the molecule is COc1ccc(C(C)C(=O)N2CCC(C(=O)O)c3ccccc32)cc1. The predicted octanol–water partition coefficient (Wildman–Crippen LogP) is 3.40. The molecule has 0 bridgehead atoms. The monoisotopic (exact) mass is 339 g/mol. The lowest BCUT2D eigenvalue weighted by molar-refractivity contribution is -0.139. The van der Waals surface area contributed by atoms with E-state index in [-0.39, 0.29) is 11.8 Å². The van der Waals surface area contributed by atoms with Crippen molar-refractivity contribution >= 4 is 17.6 Å². The highest BCUT2D eigenvalue weighted by Crippen LogP contribution is 2.37. The molecule has 0 aromatic heterocycles. The van der Waals surface area contributed by atoms with Gasteiger partial charge in [0, 0.05) is 12.2 Å². The topological polar surface area (TPSA) is 66.8 Å². The number of hydrogen-bond donors (Lipinski definition) is 1. The van der Waals surface area contributed by atoms with Crippen molar-refractivity contribution in [1.82, 2.24) is 0 Å². The largest absolute Gasteiger partial charge is 0.497 e. The minimum absolute atomic E-state index is 0.0264. The summed E-state index contributed by atoms with van der Waals surface area (Å²) < 4.78 is 5.16. The molecule has 25 heavy (non-hydrogen) atoms. The Balaban J connectivity index is 1.88. The van der Waals surface area contributed by atoms with E-state index in [9.17, 15) is 14.7 Å². The van der Waals surface area contributed by atoms with Crippen LogP contribution in [0.25, 0.3) is 0 Å². The van der Waals surface area contributed by atoms with Crippen molar-refractivity contribution in [2.45, 2.75) is 25.2 Å². The number of ether oxygens (including phenoxy) is 1. The van der Waals surface area contributed by atoms with Crippen LogP contribution in [0.3, 0.4) is 0 Å². The quantitative estimate of drug-likeness (QED) is 0.927. The number of anilines is 1. The first-order valence-electron chi connectivity index (χ1n) is 8.30. The second kappa shape index (κ2) is 6.97. The molecule has 2 atom stereocenters. The van der Waals surface area contributed by atoms with Crippen LogP contribution in [0.1, 0.15) is 36.3 Å². The Labute approximate surface area is 146 Å². The molecule has 5 nitrogen and oxygen atoms in total. The van der Waals surface area contributed by atoms with E-state index in [2.05, 4.69) is 0 Å². The molecule has 2 aromatic rings. The first-order chi connectivity index (χ1) is 12.0. The Kier molecular flexibility index (Phi) is 4.74. The minimum Gasteiger partial charge on any atom is -0.497 e. The smallest absolute Gasteiger partial charge is 0.311 e. The zero-order chi connectivity index (χ0) is 18.0. The molecule has 1 aliphatic rings. The molecule has 0 aliphatic carbocycles. The molecule has 1 aliphatic heterocycles. The van der Waals surface area contributed by atoms with E-state index in [0.717, 1.165) is 11.3 Å². The van der Waals surface area contributed by atoms with Crippen molar-refractivity contribution in [1.29, 1.82) is 0 Å². The van der Waals surface area contributed by atoms with Gasteiger partial charge in [-0.2, -0.15) is 0 Å². The van der Waals surface area contributed by atoms with Crippen LogP contribution in [0.4, 0.5) is 5.69 Å². The number of carbonyl (C=O) groups excluding carboxylic acids is 1. The van der Waals surface area contributed by atoms with Gasteiger partial charge in [-0.25, -0.2) is 0 Å². The minimum atomic E-state index is -0.845. The van der Waals surface area contributed by atoms with Crippen molar-refractivity contribution in [3.05, 3.63) is 59.7 Å². The van der Waals surface area contributed by atoms with Crippen LogP contribution in [0, 0.1) is 0 Å². The number of benzene rings is 2. The van der Waals surface area contributed by atoms with Crippen LogP contribution < -0.4 is 9.64 Å². The third-order valence-electron chi connectivity index (χ3n) is 4.79. The van der Waals surface area contributed by atoms with E-state index in [1.807, 2.05) is 49.4 Å². The molecule has 0 saturated carbocycles. The number of nitrogens with zero attached hydrogens (tertiary/aromatic N) is 1. The van der Waals surface area contributed by atoms with Gasteiger partial charge in [0.1, 0.15) is 5.75 Å². The number of amides is 1. The number of aliphatic carboxylic acids is 1. The molecular weight excluding hydrogens is 318 g/mol. The van der Waals surface area contributed by atoms with E-state index in [4.69, 9.17) is 4.74 Å². The first-order valence-corrected chi connectivity index (χ1v) is 8.30. The van der Waals surface area contributed by atoms with Gasteiger partial charge in [-0.15, -0.1) is 0 Å². The summed E-state index contributed by atoms with van der Waals surface area (Å²) in [6.45, 7) is 2.28. The van der Waals surface area contributed by atoms with Crippen LogP contribution in [0.5, 0.6) is 5.75 Å². The summed E-state index contributed by atoms with van der Waals surface area (Å²) in [7, 11) is 1.60. The molecule has 0 spiro atoms. The number of hydrogen-bond acceptors (Lipinski definition) is 3. The van der Waals surface area contributed by atoms with E-state index in [1.165, 1.54) is 0 Å². The van der Waals surface area contributed by atoms with Crippen molar-refractivity contribution in [3.8, 4) is 5.75 Å². The van der Waals surface area contributed by atoms with Gasteiger partial charge < -0.3 is 14.7 Å². The average molecular weight is 339 g/mol. The van der Waals surface area contributed by atoms with Crippen molar-refractivity contribution < 1.29 is 19.4 Å². The number of methoxy groups -OCH3 is 1. The molecule has 3 rings (SSSR count). The highest BCUT2D eigenvalue weighted by molar-refractivity contribution is 6.00. The summed E-state index contributed by atoms with van der Waals surface area (Å²) in [5.74, 6) is -1.00. The maximum atomic E-state index is 13.0. The number of carboxylic acids is 1. The zero-order valence-corrected chi connectivity index (χ0v) is 14.3. The van der Waals surface area contributed by atoms with Gasteiger partial charge in [0.15, 0.2) is 0 Å². The number of para-hydroxylation sites is 1. The molecule has 0 radical (unpaired) electrons. The van der Waals surface area contributed by atoms with E-state index in [1.54, 1.807) is 18.1 Å². The maximum Gasteiger partial charge on any atom is 0.311 e. The Hall–Kier alpha value is -2.82. The van der Waals surface area contributed by atoms with Crippen molar-refractivity contribution in [2.24, 2.45) is 0 Å². The fourth-order valence-electron chi connectivity index (χ4n) is 3.32.